The van der Waals surface area contributed by atoms with Crippen LogP contribution in [0.4, 0.5) is 4.39 Å². The Kier molecular flexibility index (Phi) is 3.66. The average molecular weight is 343 g/mol. The van der Waals surface area contributed by atoms with Crippen molar-refractivity contribution in [1.82, 2.24) is 4.98 Å². The van der Waals surface area contributed by atoms with Gasteiger partial charge >= 0.3 is 0 Å². The molecule has 0 unspecified atom stereocenters. The predicted molar refractivity (Wildman–Crippen MR) is 84.1 cm³/mol. The van der Waals surface area contributed by atoms with E-state index in [1.165, 1.54) is 24.4 Å². The highest BCUT2D eigenvalue weighted by Crippen LogP contribution is 2.37. The Bertz CT molecular complexity index is 873. The maximum atomic E-state index is 14.3. The molecule has 0 aliphatic heterocycles. The predicted octanol–water partition coefficient (Wildman–Crippen LogP) is 5.75. The van der Waals surface area contributed by atoms with Gasteiger partial charge in [0, 0.05) is 33.8 Å². The number of rotatable bonds is 2. The van der Waals surface area contributed by atoms with Gasteiger partial charge in [0.25, 0.3) is 0 Å². The Morgan fingerprint density at radius 3 is 2.38 bits per heavy atom. The van der Waals surface area contributed by atoms with Crippen molar-refractivity contribution in [2.75, 3.05) is 0 Å². The van der Waals surface area contributed by atoms with Crippen LogP contribution in [0.1, 0.15) is 10.4 Å². The van der Waals surface area contributed by atoms with E-state index in [1.54, 1.807) is 6.07 Å². The van der Waals surface area contributed by atoms with Gasteiger partial charge < -0.3 is 4.98 Å². The van der Waals surface area contributed by atoms with Crippen LogP contribution in [0.25, 0.3) is 22.0 Å². The zero-order valence-electron chi connectivity index (χ0n) is 10.4. The van der Waals surface area contributed by atoms with Crippen molar-refractivity contribution in [2.45, 2.75) is 0 Å². The summed E-state index contributed by atoms with van der Waals surface area (Å²) in [5, 5.41) is 1.47. The molecule has 0 spiro atoms. The first-order chi connectivity index (χ1) is 10.0. The SMILES string of the molecule is O=Cc1c[nH]c2cc(F)c(-c3cc(Cl)c(Cl)cc3Cl)cc12. The Balaban J connectivity index is 2.31. The minimum atomic E-state index is -0.470. The van der Waals surface area contributed by atoms with Crippen molar-refractivity contribution in [2.24, 2.45) is 0 Å². The maximum absolute atomic E-state index is 14.3. The molecule has 0 aliphatic rings. The van der Waals surface area contributed by atoms with Gasteiger partial charge in [0.2, 0.25) is 0 Å². The summed E-state index contributed by atoms with van der Waals surface area (Å²) in [5.74, 6) is -0.470. The van der Waals surface area contributed by atoms with Crippen LogP contribution in [0.2, 0.25) is 15.1 Å². The van der Waals surface area contributed by atoms with Crippen LogP contribution in [0.3, 0.4) is 0 Å². The highest BCUT2D eigenvalue weighted by atomic mass is 35.5. The number of aromatic amines is 1. The third-order valence-electron chi connectivity index (χ3n) is 3.23. The van der Waals surface area contributed by atoms with E-state index in [1.807, 2.05) is 0 Å². The molecule has 0 atom stereocenters. The van der Waals surface area contributed by atoms with Crippen LogP contribution in [0.5, 0.6) is 0 Å². The number of benzene rings is 2. The molecule has 106 valence electrons. The molecule has 0 bridgehead atoms. The first-order valence-electron chi connectivity index (χ1n) is 5.92. The number of halogens is 4. The van der Waals surface area contributed by atoms with Crippen LogP contribution >= 0.6 is 34.8 Å². The molecule has 1 aromatic heterocycles. The Hall–Kier alpha value is -1.55. The monoisotopic (exact) mass is 341 g/mol. The Labute approximate surface area is 134 Å². The summed E-state index contributed by atoms with van der Waals surface area (Å²) in [6.45, 7) is 0. The van der Waals surface area contributed by atoms with Gasteiger partial charge in [-0.2, -0.15) is 0 Å². The number of hydrogen-bond donors (Lipinski definition) is 1. The van der Waals surface area contributed by atoms with Gasteiger partial charge in [-0.15, -0.1) is 0 Å². The van der Waals surface area contributed by atoms with Crippen LogP contribution in [0, 0.1) is 5.82 Å². The smallest absolute Gasteiger partial charge is 0.152 e. The van der Waals surface area contributed by atoms with Gasteiger partial charge in [-0.3, -0.25) is 4.79 Å². The second kappa shape index (κ2) is 5.34. The van der Waals surface area contributed by atoms with Crippen molar-refractivity contribution in [3.8, 4) is 11.1 Å². The van der Waals surface area contributed by atoms with E-state index in [2.05, 4.69) is 4.98 Å². The van der Waals surface area contributed by atoms with Gasteiger partial charge in [-0.1, -0.05) is 34.8 Å². The van der Waals surface area contributed by atoms with E-state index >= 15 is 0 Å². The number of carbonyl (C=O) groups excluding carboxylic acids is 1. The summed E-state index contributed by atoms with van der Waals surface area (Å²) in [6.07, 6.45) is 2.23. The number of hydrogen-bond acceptors (Lipinski definition) is 1. The van der Waals surface area contributed by atoms with Crippen LogP contribution in [-0.2, 0) is 0 Å². The summed E-state index contributed by atoms with van der Waals surface area (Å²) >= 11 is 18.0. The largest absolute Gasteiger partial charge is 0.360 e. The molecule has 6 heteroatoms. The normalized spacial score (nSPS) is 11.0. The lowest BCUT2D eigenvalue weighted by Crippen LogP contribution is -1.88. The molecular formula is C15H7Cl3FNO. The van der Waals surface area contributed by atoms with Crippen molar-refractivity contribution in [3.63, 3.8) is 0 Å². The highest BCUT2D eigenvalue weighted by molar-refractivity contribution is 6.44. The van der Waals surface area contributed by atoms with Crippen molar-refractivity contribution >= 4 is 52.0 Å². The zero-order chi connectivity index (χ0) is 15.1. The topological polar surface area (TPSA) is 32.9 Å². The van der Waals surface area contributed by atoms with E-state index in [0.29, 0.717) is 33.3 Å². The number of aromatic nitrogens is 1. The number of H-pyrrole nitrogens is 1. The van der Waals surface area contributed by atoms with Crippen molar-refractivity contribution in [3.05, 3.63) is 56.9 Å². The first kappa shape index (κ1) is 14.4. The molecule has 3 aromatic rings. The summed E-state index contributed by atoms with van der Waals surface area (Å²) in [7, 11) is 0. The van der Waals surface area contributed by atoms with E-state index < -0.39 is 5.82 Å². The number of nitrogens with one attached hydrogen (secondary N) is 1. The summed E-state index contributed by atoms with van der Waals surface area (Å²) in [5.41, 5.74) is 1.66. The highest BCUT2D eigenvalue weighted by Gasteiger charge is 2.15. The fourth-order valence-electron chi connectivity index (χ4n) is 2.20. The molecule has 0 radical (unpaired) electrons. The fourth-order valence-corrected chi connectivity index (χ4v) is 2.85. The van der Waals surface area contributed by atoms with E-state index in [-0.39, 0.29) is 15.6 Å². The molecular weight excluding hydrogens is 336 g/mol. The number of fused-ring (bicyclic) bond motifs is 1. The molecule has 2 nitrogen and oxygen atoms in total. The second-order valence-electron chi connectivity index (χ2n) is 4.49. The van der Waals surface area contributed by atoms with Crippen LogP contribution in [-0.4, -0.2) is 11.3 Å². The lowest BCUT2D eigenvalue weighted by molar-refractivity contribution is 0.112. The van der Waals surface area contributed by atoms with E-state index in [0.717, 1.165) is 0 Å². The molecule has 0 saturated carbocycles. The molecule has 3 rings (SSSR count). The molecule has 1 heterocycles. The number of carbonyl (C=O) groups is 1. The molecule has 0 amide bonds. The van der Waals surface area contributed by atoms with Gasteiger partial charge in [0.15, 0.2) is 6.29 Å². The van der Waals surface area contributed by atoms with Crippen LogP contribution in [0.15, 0.2) is 30.5 Å². The van der Waals surface area contributed by atoms with E-state index in [4.69, 9.17) is 34.8 Å². The molecule has 1 N–H and O–H groups in total. The molecule has 21 heavy (non-hydrogen) atoms. The third kappa shape index (κ3) is 2.42. The maximum Gasteiger partial charge on any atom is 0.152 e. The van der Waals surface area contributed by atoms with Crippen LogP contribution < -0.4 is 0 Å². The van der Waals surface area contributed by atoms with Gasteiger partial charge in [0.1, 0.15) is 5.82 Å². The van der Waals surface area contributed by atoms with Gasteiger partial charge in [-0.25, -0.2) is 4.39 Å². The summed E-state index contributed by atoms with van der Waals surface area (Å²) < 4.78 is 14.3. The lowest BCUT2D eigenvalue weighted by Gasteiger charge is -2.08. The van der Waals surface area contributed by atoms with E-state index in [9.17, 15) is 9.18 Å². The molecule has 0 aliphatic carbocycles. The quantitative estimate of drug-likeness (QED) is 0.467. The molecule has 2 aromatic carbocycles. The second-order valence-corrected chi connectivity index (χ2v) is 5.71. The zero-order valence-corrected chi connectivity index (χ0v) is 12.7. The van der Waals surface area contributed by atoms with Gasteiger partial charge in [0.05, 0.1) is 15.1 Å². The Morgan fingerprint density at radius 2 is 1.67 bits per heavy atom. The summed E-state index contributed by atoms with van der Waals surface area (Å²) in [6, 6.07) is 5.85. The standard InChI is InChI=1S/C15H7Cl3FNO/c16-11-3-13(18)12(17)2-9(11)10-1-8-7(6-21)5-20-15(8)4-14(10)19/h1-6,20H. The minimum absolute atomic E-state index is 0.258. The first-order valence-corrected chi connectivity index (χ1v) is 7.05. The third-order valence-corrected chi connectivity index (χ3v) is 4.26. The van der Waals surface area contributed by atoms with Crippen molar-refractivity contribution < 1.29 is 9.18 Å². The minimum Gasteiger partial charge on any atom is -0.360 e. The van der Waals surface area contributed by atoms with Gasteiger partial charge in [-0.05, 0) is 24.3 Å². The van der Waals surface area contributed by atoms with Crippen molar-refractivity contribution in [1.29, 1.82) is 0 Å². The number of aldehydes is 1. The average Bonchev–Trinajstić information content (AvgIpc) is 2.84. The molecule has 0 fully saturated rings. The fraction of sp³-hybridized carbons (Fsp3) is 0. The lowest BCUT2D eigenvalue weighted by atomic mass is 10.0. The Morgan fingerprint density at radius 1 is 0.952 bits per heavy atom. The molecule has 0 saturated heterocycles. The summed E-state index contributed by atoms with van der Waals surface area (Å²) in [4.78, 5) is 13.8.